The number of nitrogens with zero attached hydrogens (tertiary/aromatic N) is 1. The van der Waals surface area contributed by atoms with E-state index in [9.17, 15) is 4.79 Å². The first kappa shape index (κ1) is 14.6. The van der Waals surface area contributed by atoms with E-state index in [1.807, 2.05) is 0 Å². The predicted octanol–water partition coefficient (Wildman–Crippen LogP) is 1.10. The van der Waals surface area contributed by atoms with Crippen molar-refractivity contribution in [3.8, 4) is 11.5 Å². The molecule has 2 rings (SSSR count). The minimum Gasteiger partial charge on any atom is -0.496 e. The molecule has 6 heteroatoms. The van der Waals surface area contributed by atoms with Gasteiger partial charge in [0.15, 0.2) is 0 Å². The number of hydrogen-bond acceptors (Lipinski definition) is 5. The molecule has 1 aromatic rings. The maximum atomic E-state index is 11.1. The lowest BCUT2D eigenvalue weighted by molar-refractivity contribution is 0.0322. The topological polar surface area (TPSA) is 68.2 Å². The molecule has 0 saturated carbocycles. The van der Waals surface area contributed by atoms with E-state index in [1.54, 1.807) is 12.1 Å². The molecule has 0 aliphatic carbocycles. The molecule has 1 aromatic carbocycles. The fourth-order valence-corrected chi connectivity index (χ4v) is 2.06. The molecule has 1 saturated heterocycles. The summed E-state index contributed by atoms with van der Waals surface area (Å²) < 4.78 is 15.9. The maximum Gasteiger partial charge on any atom is 0.339 e. The number of methoxy groups -OCH3 is 1. The molecule has 1 aliphatic heterocycles. The number of morpholine rings is 1. The summed E-state index contributed by atoms with van der Waals surface area (Å²) in [4.78, 5) is 13.4. The third-order valence-electron chi connectivity index (χ3n) is 3.18. The van der Waals surface area contributed by atoms with E-state index in [0.29, 0.717) is 18.1 Å². The van der Waals surface area contributed by atoms with Gasteiger partial charge in [0.1, 0.15) is 23.7 Å². The van der Waals surface area contributed by atoms with Gasteiger partial charge in [-0.2, -0.15) is 0 Å². The molecule has 1 N–H and O–H groups in total. The minimum atomic E-state index is -1.03. The molecule has 0 aromatic heterocycles. The lowest BCUT2D eigenvalue weighted by Gasteiger charge is -2.26. The van der Waals surface area contributed by atoms with Gasteiger partial charge >= 0.3 is 5.97 Å². The van der Waals surface area contributed by atoms with Gasteiger partial charge in [0.2, 0.25) is 0 Å². The Bertz CT molecular complexity index is 457. The van der Waals surface area contributed by atoms with E-state index in [1.165, 1.54) is 13.2 Å². The second kappa shape index (κ2) is 7.12. The highest BCUT2D eigenvalue weighted by Gasteiger charge is 2.13. The summed E-state index contributed by atoms with van der Waals surface area (Å²) in [6.45, 7) is 4.65. The van der Waals surface area contributed by atoms with Gasteiger partial charge in [-0.3, -0.25) is 4.90 Å². The zero-order valence-electron chi connectivity index (χ0n) is 11.5. The number of benzene rings is 1. The quantitative estimate of drug-likeness (QED) is 0.842. The van der Waals surface area contributed by atoms with Crippen LogP contribution in [0.25, 0.3) is 0 Å². The highest BCUT2D eigenvalue weighted by atomic mass is 16.5. The average molecular weight is 281 g/mol. The van der Waals surface area contributed by atoms with Crippen LogP contribution in [0, 0.1) is 0 Å². The van der Waals surface area contributed by atoms with Crippen LogP contribution < -0.4 is 9.47 Å². The predicted molar refractivity (Wildman–Crippen MR) is 72.7 cm³/mol. The minimum absolute atomic E-state index is 0.108. The molecule has 0 bridgehead atoms. The number of carbonyl (C=O) groups is 1. The summed E-state index contributed by atoms with van der Waals surface area (Å²) in [5.74, 6) is -0.157. The molecule has 0 unspecified atom stereocenters. The van der Waals surface area contributed by atoms with Crippen molar-refractivity contribution in [3.63, 3.8) is 0 Å². The monoisotopic (exact) mass is 281 g/mol. The Balaban J connectivity index is 1.89. The van der Waals surface area contributed by atoms with Crippen LogP contribution in [0.1, 0.15) is 10.4 Å². The molecule has 1 fully saturated rings. The summed E-state index contributed by atoms with van der Waals surface area (Å²) in [7, 11) is 1.45. The van der Waals surface area contributed by atoms with Gasteiger partial charge in [-0.1, -0.05) is 0 Å². The Morgan fingerprint density at radius 3 is 2.80 bits per heavy atom. The SMILES string of the molecule is COc1ccc(OCCN2CCOCC2)cc1C(=O)O. The van der Waals surface area contributed by atoms with Gasteiger partial charge in [0.05, 0.1) is 20.3 Å². The first-order valence-corrected chi connectivity index (χ1v) is 6.55. The van der Waals surface area contributed by atoms with Crippen LogP contribution in [0.2, 0.25) is 0 Å². The Kier molecular flexibility index (Phi) is 5.20. The van der Waals surface area contributed by atoms with Crippen LogP contribution in [0.4, 0.5) is 0 Å². The molecule has 110 valence electrons. The van der Waals surface area contributed by atoms with Crippen LogP contribution in [-0.4, -0.2) is 62.5 Å². The normalized spacial score (nSPS) is 15.8. The largest absolute Gasteiger partial charge is 0.496 e. The number of carboxylic acids is 1. The maximum absolute atomic E-state index is 11.1. The second-order valence-electron chi connectivity index (χ2n) is 4.47. The van der Waals surface area contributed by atoms with Gasteiger partial charge in [-0.15, -0.1) is 0 Å². The van der Waals surface area contributed by atoms with Crippen molar-refractivity contribution in [2.75, 3.05) is 46.6 Å². The summed E-state index contributed by atoms with van der Waals surface area (Å²) in [6.07, 6.45) is 0. The average Bonchev–Trinajstić information content (AvgIpc) is 2.48. The molecule has 0 spiro atoms. The number of hydrogen-bond donors (Lipinski definition) is 1. The van der Waals surface area contributed by atoms with E-state index >= 15 is 0 Å². The third-order valence-corrected chi connectivity index (χ3v) is 3.18. The van der Waals surface area contributed by atoms with Gasteiger partial charge in [0.25, 0.3) is 0 Å². The van der Waals surface area contributed by atoms with E-state index in [0.717, 1.165) is 32.8 Å². The fraction of sp³-hybridized carbons (Fsp3) is 0.500. The van der Waals surface area contributed by atoms with Crippen molar-refractivity contribution in [1.29, 1.82) is 0 Å². The third kappa shape index (κ3) is 3.85. The molecule has 0 amide bonds. The molecular weight excluding hydrogens is 262 g/mol. The lowest BCUT2D eigenvalue weighted by Crippen LogP contribution is -2.38. The van der Waals surface area contributed by atoms with Gasteiger partial charge in [-0.25, -0.2) is 4.79 Å². The molecule has 1 heterocycles. The Morgan fingerprint density at radius 2 is 2.15 bits per heavy atom. The van der Waals surface area contributed by atoms with Crippen molar-refractivity contribution in [1.82, 2.24) is 4.90 Å². The van der Waals surface area contributed by atoms with Crippen molar-refractivity contribution >= 4 is 5.97 Å². The summed E-state index contributed by atoms with van der Waals surface area (Å²) in [6, 6.07) is 4.80. The van der Waals surface area contributed by atoms with Crippen molar-refractivity contribution < 1.29 is 24.1 Å². The van der Waals surface area contributed by atoms with Crippen LogP contribution in [0.15, 0.2) is 18.2 Å². The van der Waals surface area contributed by atoms with Crippen molar-refractivity contribution in [3.05, 3.63) is 23.8 Å². The van der Waals surface area contributed by atoms with Crippen molar-refractivity contribution in [2.24, 2.45) is 0 Å². The van der Waals surface area contributed by atoms with Gasteiger partial charge in [0, 0.05) is 19.6 Å². The Morgan fingerprint density at radius 1 is 1.40 bits per heavy atom. The number of aromatic carboxylic acids is 1. The second-order valence-corrected chi connectivity index (χ2v) is 4.47. The van der Waals surface area contributed by atoms with Gasteiger partial charge in [-0.05, 0) is 18.2 Å². The van der Waals surface area contributed by atoms with E-state index in [-0.39, 0.29) is 5.56 Å². The summed E-state index contributed by atoms with van der Waals surface area (Å²) in [5, 5.41) is 9.09. The van der Waals surface area contributed by atoms with E-state index in [2.05, 4.69) is 4.90 Å². The van der Waals surface area contributed by atoms with Crippen molar-refractivity contribution in [2.45, 2.75) is 0 Å². The summed E-state index contributed by atoms with van der Waals surface area (Å²) in [5.41, 5.74) is 0.108. The number of rotatable bonds is 6. The first-order valence-electron chi connectivity index (χ1n) is 6.55. The zero-order chi connectivity index (χ0) is 14.4. The fourth-order valence-electron chi connectivity index (χ4n) is 2.06. The van der Waals surface area contributed by atoms with Gasteiger partial charge < -0.3 is 19.3 Å². The zero-order valence-corrected chi connectivity index (χ0v) is 11.5. The Hall–Kier alpha value is -1.79. The van der Waals surface area contributed by atoms with Crippen LogP contribution in [0.5, 0.6) is 11.5 Å². The van der Waals surface area contributed by atoms with E-state index < -0.39 is 5.97 Å². The molecule has 20 heavy (non-hydrogen) atoms. The number of ether oxygens (including phenoxy) is 3. The van der Waals surface area contributed by atoms with Crippen LogP contribution >= 0.6 is 0 Å². The standard InChI is InChI=1S/C14H19NO5/c1-18-13-3-2-11(10-12(13)14(16)17)20-9-6-15-4-7-19-8-5-15/h2-3,10H,4-9H2,1H3,(H,16,17). The Labute approximate surface area is 117 Å². The highest BCUT2D eigenvalue weighted by Crippen LogP contribution is 2.24. The molecular formula is C14H19NO5. The molecule has 6 nitrogen and oxygen atoms in total. The highest BCUT2D eigenvalue weighted by molar-refractivity contribution is 5.91. The van der Waals surface area contributed by atoms with E-state index in [4.69, 9.17) is 19.3 Å². The molecule has 1 aliphatic rings. The van der Waals surface area contributed by atoms with Crippen LogP contribution in [0.3, 0.4) is 0 Å². The smallest absolute Gasteiger partial charge is 0.339 e. The lowest BCUT2D eigenvalue weighted by atomic mass is 10.2. The molecule has 0 atom stereocenters. The number of carboxylic acid groups (broad SMARTS) is 1. The molecule has 0 radical (unpaired) electrons. The first-order chi connectivity index (χ1) is 9.70. The van der Waals surface area contributed by atoms with Crippen LogP contribution in [-0.2, 0) is 4.74 Å². The summed E-state index contributed by atoms with van der Waals surface area (Å²) >= 11 is 0.